The zero-order valence-electron chi connectivity index (χ0n) is 4.94. The van der Waals surface area contributed by atoms with Gasteiger partial charge >= 0.3 is 0 Å². The second kappa shape index (κ2) is 2.30. The van der Waals surface area contributed by atoms with Gasteiger partial charge in [-0.1, -0.05) is 0 Å². The van der Waals surface area contributed by atoms with Gasteiger partial charge in [-0.25, -0.2) is 0 Å². The summed E-state index contributed by atoms with van der Waals surface area (Å²) in [6, 6.07) is 2.19. The van der Waals surface area contributed by atoms with Crippen LogP contribution in [0.5, 0.6) is 17.2 Å². The predicted molar refractivity (Wildman–Crippen MR) is 38.7 cm³/mol. The van der Waals surface area contributed by atoms with Crippen LogP contribution in [0.25, 0.3) is 0 Å². The number of phenolic OH excluding ortho intramolecular Hbond substituents is 3. The summed E-state index contributed by atoms with van der Waals surface area (Å²) in [5, 5.41) is 26.5. The Balaban J connectivity index is 3.28. The Morgan fingerprint density at radius 2 is 1.40 bits per heavy atom. The molecule has 0 unspecified atom stereocenters. The maximum absolute atomic E-state index is 8.88. The summed E-state index contributed by atoms with van der Waals surface area (Å²) in [4.78, 5) is 0.232. The number of rotatable bonds is 0. The van der Waals surface area contributed by atoms with Crippen LogP contribution in [0.3, 0.4) is 0 Å². The molecule has 0 bridgehead atoms. The standard InChI is InChI=1S/C6H6O3S/c7-3-1-5(9)6(10)2-4(3)8/h1-2,7-10H. The summed E-state index contributed by atoms with van der Waals surface area (Å²) < 4.78 is 0. The molecular formula is C6H6O3S. The van der Waals surface area contributed by atoms with E-state index in [0.717, 1.165) is 12.1 Å². The Kier molecular flexibility index (Phi) is 1.63. The maximum atomic E-state index is 8.88. The van der Waals surface area contributed by atoms with Crippen molar-refractivity contribution in [1.29, 1.82) is 0 Å². The van der Waals surface area contributed by atoms with Crippen molar-refractivity contribution in [3.8, 4) is 17.2 Å². The summed E-state index contributed by atoms with van der Waals surface area (Å²) in [6.07, 6.45) is 0. The Morgan fingerprint density at radius 1 is 0.900 bits per heavy atom. The lowest BCUT2D eigenvalue weighted by atomic mass is 10.3. The third-order valence-electron chi connectivity index (χ3n) is 1.07. The van der Waals surface area contributed by atoms with Crippen LogP contribution < -0.4 is 0 Å². The van der Waals surface area contributed by atoms with Crippen LogP contribution in [0.4, 0.5) is 0 Å². The van der Waals surface area contributed by atoms with E-state index < -0.39 is 0 Å². The lowest BCUT2D eigenvalue weighted by Gasteiger charge is -1.99. The smallest absolute Gasteiger partial charge is 0.161 e. The van der Waals surface area contributed by atoms with Gasteiger partial charge in [-0.2, -0.15) is 0 Å². The molecule has 1 aromatic rings. The molecule has 4 heteroatoms. The third-order valence-corrected chi connectivity index (χ3v) is 1.43. The second-order valence-corrected chi connectivity index (χ2v) is 2.31. The lowest BCUT2D eigenvalue weighted by molar-refractivity contribution is 0.392. The number of thiol groups is 1. The number of hydrogen-bond acceptors (Lipinski definition) is 4. The van der Waals surface area contributed by atoms with E-state index in [1.165, 1.54) is 0 Å². The van der Waals surface area contributed by atoms with E-state index in [4.69, 9.17) is 15.3 Å². The molecule has 0 radical (unpaired) electrons. The Hall–Kier alpha value is -1.03. The maximum Gasteiger partial charge on any atom is 0.161 e. The van der Waals surface area contributed by atoms with Gasteiger partial charge in [-0.3, -0.25) is 0 Å². The zero-order valence-corrected chi connectivity index (χ0v) is 5.84. The Morgan fingerprint density at radius 3 is 1.90 bits per heavy atom. The van der Waals surface area contributed by atoms with Crippen LogP contribution >= 0.6 is 12.6 Å². The molecule has 3 nitrogen and oxygen atoms in total. The molecule has 0 aliphatic carbocycles. The van der Waals surface area contributed by atoms with Gasteiger partial charge in [-0.05, 0) is 0 Å². The van der Waals surface area contributed by atoms with Crippen LogP contribution in [0.2, 0.25) is 0 Å². The molecule has 0 atom stereocenters. The van der Waals surface area contributed by atoms with Crippen molar-refractivity contribution in [3.05, 3.63) is 12.1 Å². The largest absolute Gasteiger partial charge is 0.507 e. The molecule has 3 N–H and O–H groups in total. The molecule has 54 valence electrons. The van der Waals surface area contributed by atoms with Gasteiger partial charge in [0, 0.05) is 17.0 Å². The van der Waals surface area contributed by atoms with Gasteiger partial charge < -0.3 is 15.3 Å². The predicted octanol–water partition coefficient (Wildman–Crippen LogP) is 1.09. The van der Waals surface area contributed by atoms with Crippen LogP contribution in [-0.2, 0) is 0 Å². The summed E-state index contributed by atoms with van der Waals surface area (Å²) >= 11 is 3.79. The van der Waals surface area contributed by atoms with Crippen molar-refractivity contribution in [3.63, 3.8) is 0 Å². The minimum Gasteiger partial charge on any atom is -0.507 e. The fourth-order valence-electron chi connectivity index (χ4n) is 0.555. The highest BCUT2D eigenvalue weighted by atomic mass is 32.1. The van der Waals surface area contributed by atoms with E-state index in [9.17, 15) is 0 Å². The van der Waals surface area contributed by atoms with E-state index in [0.29, 0.717) is 0 Å². The lowest BCUT2D eigenvalue weighted by Crippen LogP contribution is -1.71. The number of hydrogen-bond donors (Lipinski definition) is 4. The first-order chi connectivity index (χ1) is 4.61. The summed E-state index contributed by atoms with van der Waals surface area (Å²) in [7, 11) is 0. The molecule has 10 heavy (non-hydrogen) atoms. The normalized spacial score (nSPS) is 9.70. The molecule has 0 saturated carbocycles. The van der Waals surface area contributed by atoms with Crippen LogP contribution in [0.15, 0.2) is 17.0 Å². The van der Waals surface area contributed by atoms with Crippen LogP contribution in [0, 0.1) is 0 Å². The first kappa shape index (κ1) is 7.08. The summed E-state index contributed by atoms with van der Waals surface area (Å²) in [5.41, 5.74) is 0. The first-order valence-corrected chi connectivity index (χ1v) is 3.00. The van der Waals surface area contributed by atoms with Gasteiger partial charge in [0.15, 0.2) is 11.5 Å². The Bertz CT molecular complexity index is 209. The summed E-state index contributed by atoms with van der Waals surface area (Å²) in [5.74, 6) is -0.795. The van der Waals surface area contributed by atoms with Crippen molar-refractivity contribution in [2.75, 3.05) is 0 Å². The van der Waals surface area contributed by atoms with Gasteiger partial charge in [0.05, 0.1) is 0 Å². The molecule has 0 spiro atoms. The van der Waals surface area contributed by atoms with E-state index in [2.05, 4.69) is 12.6 Å². The molecule has 0 fully saturated rings. The van der Waals surface area contributed by atoms with Crippen LogP contribution in [-0.4, -0.2) is 15.3 Å². The highest BCUT2D eigenvalue weighted by Gasteiger charge is 2.03. The van der Waals surface area contributed by atoms with Gasteiger partial charge in [0.25, 0.3) is 0 Å². The highest BCUT2D eigenvalue weighted by molar-refractivity contribution is 7.80. The third kappa shape index (κ3) is 1.11. The Labute approximate surface area is 63.0 Å². The molecule has 0 saturated heterocycles. The molecule has 1 rings (SSSR count). The topological polar surface area (TPSA) is 60.7 Å². The van der Waals surface area contributed by atoms with Crippen LogP contribution in [0.1, 0.15) is 0 Å². The van der Waals surface area contributed by atoms with Gasteiger partial charge in [0.1, 0.15) is 5.75 Å². The molecule has 0 amide bonds. The molecular weight excluding hydrogens is 152 g/mol. The number of phenols is 3. The zero-order chi connectivity index (χ0) is 7.72. The summed E-state index contributed by atoms with van der Waals surface area (Å²) in [6.45, 7) is 0. The van der Waals surface area contributed by atoms with Gasteiger partial charge in [-0.15, -0.1) is 12.6 Å². The van der Waals surface area contributed by atoms with E-state index in [1.807, 2.05) is 0 Å². The molecule has 0 aromatic heterocycles. The van der Waals surface area contributed by atoms with Crippen molar-refractivity contribution >= 4 is 12.6 Å². The van der Waals surface area contributed by atoms with Crippen molar-refractivity contribution in [2.24, 2.45) is 0 Å². The monoisotopic (exact) mass is 158 g/mol. The average molecular weight is 158 g/mol. The van der Waals surface area contributed by atoms with E-state index >= 15 is 0 Å². The minimum absolute atomic E-state index is 0.154. The number of aromatic hydroxyl groups is 3. The fourth-order valence-corrected chi connectivity index (χ4v) is 0.742. The van der Waals surface area contributed by atoms with Crippen molar-refractivity contribution < 1.29 is 15.3 Å². The van der Waals surface area contributed by atoms with Crippen molar-refractivity contribution in [2.45, 2.75) is 4.90 Å². The second-order valence-electron chi connectivity index (χ2n) is 1.83. The van der Waals surface area contributed by atoms with E-state index in [-0.39, 0.29) is 22.1 Å². The number of benzene rings is 1. The quantitative estimate of drug-likeness (QED) is 0.260. The molecule has 0 aliphatic rings. The van der Waals surface area contributed by atoms with E-state index in [1.54, 1.807) is 0 Å². The first-order valence-electron chi connectivity index (χ1n) is 2.55. The molecule has 1 aromatic carbocycles. The SMILES string of the molecule is Oc1cc(O)c(S)cc1O. The van der Waals surface area contributed by atoms with Gasteiger partial charge in [0.2, 0.25) is 0 Å². The molecule has 0 aliphatic heterocycles. The van der Waals surface area contributed by atoms with Crippen molar-refractivity contribution in [1.82, 2.24) is 0 Å². The minimum atomic E-state index is -0.352. The average Bonchev–Trinajstić information content (AvgIpc) is 1.84. The fraction of sp³-hybridized carbons (Fsp3) is 0. The highest BCUT2D eigenvalue weighted by Crippen LogP contribution is 2.33. The molecule has 0 heterocycles.